The summed E-state index contributed by atoms with van der Waals surface area (Å²) in [6.07, 6.45) is 2.14. The molecule has 0 saturated carbocycles. The van der Waals surface area contributed by atoms with Crippen molar-refractivity contribution in [3.05, 3.63) is 102 Å². The Kier molecular flexibility index (Phi) is 14.7. The Hall–Kier alpha value is -3.88. The number of nitrogens with one attached hydrogen (secondary N) is 2. The Morgan fingerprint density at radius 2 is 1.30 bits per heavy atom. The Bertz CT molecular complexity index is 1270. The first kappa shape index (κ1) is 35.3. The minimum atomic E-state index is -0.900. The molecule has 9 heteroatoms. The van der Waals surface area contributed by atoms with E-state index in [1.54, 1.807) is 19.1 Å². The summed E-state index contributed by atoms with van der Waals surface area (Å²) in [5.41, 5.74) is 8.96. The topological polar surface area (TPSA) is 125 Å². The number of nitrogens with zero attached hydrogens (tertiary/aromatic N) is 1. The van der Waals surface area contributed by atoms with E-state index in [0.717, 1.165) is 23.1 Å². The number of rotatable bonds is 15. The largest absolute Gasteiger partial charge is 0.508 e. The minimum Gasteiger partial charge on any atom is -0.508 e. The van der Waals surface area contributed by atoms with Crippen molar-refractivity contribution in [2.75, 3.05) is 13.1 Å². The number of carbonyl (C=O) groups excluding carboxylic acids is 3. The first-order chi connectivity index (χ1) is 20.1. The number of benzene rings is 3. The van der Waals surface area contributed by atoms with Crippen LogP contribution >= 0.6 is 12.4 Å². The molecule has 5 N–H and O–H groups in total. The normalized spacial score (nSPS) is 12.9. The highest BCUT2D eigenvalue weighted by Crippen LogP contribution is 2.13. The fourth-order valence-corrected chi connectivity index (χ4v) is 4.59. The van der Waals surface area contributed by atoms with Gasteiger partial charge in [-0.3, -0.25) is 14.4 Å². The van der Waals surface area contributed by atoms with E-state index in [9.17, 15) is 19.5 Å². The summed E-state index contributed by atoms with van der Waals surface area (Å²) in [5, 5.41) is 15.1. The van der Waals surface area contributed by atoms with E-state index in [2.05, 4.69) is 24.5 Å². The van der Waals surface area contributed by atoms with Crippen LogP contribution < -0.4 is 16.4 Å². The lowest BCUT2D eigenvalue weighted by Crippen LogP contribution is -2.56. The van der Waals surface area contributed by atoms with E-state index < -0.39 is 29.9 Å². The molecule has 0 aliphatic carbocycles. The van der Waals surface area contributed by atoms with E-state index in [-0.39, 0.29) is 30.5 Å². The number of phenolic OH excluding ortho intramolecular Hbond substituents is 1. The van der Waals surface area contributed by atoms with Crippen LogP contribution in [0, 0.1) is 5.92 Å². The van der Waals surface area contributed by atoms with Crippen molar-refractivity contribution >= 4 is 30.1 Å². The van der Waals surface area contributed by atoms with Crippen LogP contribution in [0.1, 0.15) is 43.9 Å². The van der Waals surface area contributed by atoms with E-state index in [0.29, 0.717) is 31.8 Å². The first-order valence-corrected chi connectivity index (χ1v) is 14.6. The molecule has 0 aliphatic heterocycles. The van der Waals surface area contributed by atoms with Crippen LogP contribution in [0.15, 0.2) is 84.9 Å². The lowest BCUT2D eigenvalue weighted by Gasteiger charge is -2.30. The zero-order valence-electron chi connectivity index (χ0n) is 25.2. The molecule has 0 heterocycles. The number of hydrogen-bond donors (Lipinski definition) is 4. The molecule has 3 amide bonds. The average molecular weight is 609 g/mol. The molecule has 0 radical (unpaired) electrons. The van der Waals surface area contributed by atoms with Gasteiger partial charge in [0, 0.05) is 19.5 Å². The third-order valence-corrected chi connectivity index (χ3v) is 7.18. The molecule has 3 atom stereocenters. The number of amides is 3. The summed E-state index contributed by atoms with van der Waals surface area (Å²) < 4.78 is 0. The second-order valence-electron chi connectivity index (χ2n) is 11.2. The van der Waals surface area contributed by atoms with Crippen LogP contribution in [0.25, 0.3) is 0 Å². The third-order valence-electron chi connectivity index (χ3n) is 7.18. The van der Waals surface area contributed by atoms with Gasteiger partial charge < -0.3 is 26.4 Å². The summed E-state index contributed by atoms with van der Waals surface area (Å²) in [5.74, 6) is -0.532. The summed E-state index contributed by atoms with van der Waals surface area (Å²) >= 11 is 0. The Labute approximate surface area is 261 Å². The van der Waals surface area contributed by atoms with E-state index in [4.69, 9.17) is 5.73 Å². The molecule has 0 spiro atoms. The third kappa shape index (κ3) is 12.1. The molecule has 3 aromatic rings. The van der Waals surface area contributed by atoms with Gasteiger partial charge in [-0.05, 0) is 60.9 Å². The predicted molar refractivity (Wildman–Crippen MR) is 173 cm³/mol. The minimum absolute atomic E-state index is 0. The van der Waals surface area contributed by atoms with Crippen molar-refractivity contribution in [3.8, 4) is 5.75 Å². The van der Waals surface area contributed by atoms with Gasteiger partial charge in [0.2, 0.25) is 17.7 Å². The Morgan fingerprint density at radius 1 is 0.744 bits per heavy atom. The van der Waals surface area contributed by atoms with Gasteiger partial charge in [0.05, 0.1) is 6.04 Å². The lowest BCUT2D eigenvalue weighted by atomic mass is 10.0. The van der Waals surface area contributed by atoms with Crippen LogP contribution in [0.4, 0.5) is 0 Å². The monoisotopic (exact) mass is 608 g/mol. The number of halogens is 1. The van der Waals surface area contributed by atoms with Crippen LogP contribution in [0.5, 0.6) is 5.75 Å². The second-order valence-corrected chi connectivity index (χ2v) is 11.2. The fourth-order valence-electron chi connectivity index (χ4n) is 4.59. The summed E-state index contributed by atoms with van der Waals surface area (Å²) in [4.78, 5) is 41.9. The standard InChI is InChI=1S/C34H44N4O4.ClH/c1-24(2)18-20-38(21-19-26-10-6-4-7-11-26)34(42)31(23-27-12-8-5-9-13-27)37-32(40)25(3)36-33(41)30(35)22-28-14-16-29(39)17-15-28;/h4-17,24-25,30-31,39H,18-23,35H2,1-3H3,(H,36,41)(H,37,40);1H/t25-,30+,31+;/m1./s1. The van der Waals surface area contributed by atoms with Crippen molar-refractivity contribution in [1.82, 2.24) is 15.5 Å². The van der Waals surface area contributed by atoms with Gasteiger partial charge in [-0.1, -0.05) is 86.6 Å². The molecular weight excluding hydrogens is 564 g/mol. The van der Waals surface area contributed by atoms with Crippen molar-refractivity contribution in [3.63, 3.8) is 0 Å². The van der Waals surface area contributed by atoms with Gasteiger partial charge in [-0.2, -0.15) is 0 Å². The highest BCUT2D eigenvalue weighted by molar-refractivity contribution is 5.93. The molecule has 8 nitrogen and oxygen atoms in total. The van der Waals surface area contributed by atoms with Gasteiger partial charge in [0.15, 0.2) is 0 Å². The second kappa shape index (κ2) is 17.9. The Balaban J connectivity index is 0.00000645. The molecule has 0 fully saturated rings. The molecule has 0 bridgehead atoms. The highest BCUT2D eigenvalue weighted by atomic mass is 35.5. The van der Waals surface area contributed by atoms with Gasteiger partial charge in [0.25, 0.3) is 0 Å². The summed E-state index contributed by atoms with van der Waals surface area (Å²) in [6.45, 7) is 6.95. The maximum absolute atomic E-state index is 14.0. The van der Waals surface area contributed by atoms with Crippen LogP contribution in [0.2, 0.25) is 0 Å². The molecule has 3 aromatic carbocycles. The summed E-state index contributed by atoms with van der Waals surface area (Å²) in [6, 6.07) is 23.5. The number of nitrogens with two attached hydrogens (primary N) is 1. The van der Waals surface area contributed by atoms with Crippen LogP contribution in [-0.2, 0) is 33.6 Å². The number of hydrogen-bond acceptors (Lipinski definition) is 5. The molecule has 232 valence electrons. The van der Waals surface area contributed by atoms with Gasteiger partial charge in [-0.25, -0.2) is 0 Å². The number of phenols is 1. The van der Waals surface area contributed by atoms with Crippen molar-refractivity contribution in [1.29, 1.82) is 0 Å². The number of aromatic hydroxyl groups is 1. The molecule has 0 unspecified atom stereocenters. The lowest BCUT2D eigenvalue weighted by molar-refractivity contribution is -0.137. The zero-order chi connectivity index (χ0) is 30.5. The fraction of sp³-hybridized carbons (Fsp3) is 0.382. The Morgan fingerprint density at radius 3 is 1.88 bits per heavy atom. The molecular formula is C34H45ClN4O4. The molecule has 43 heavy (non-hydrogen) atoms. The predicted octanol–water partition coefficient (Wildman–Crippen LogP) is 4.03. The van der Waals surface area contributed by atoms with E-state index in [1.807, 2.05) is 65.6 Å². The number of carbonyl (C=O) groups is 3. The van der Waals surface area contributed by atoms with Gasteiger partial charge >= 0.3 is 0 Å². The van der Waals surface area contributed by atoms with E-state index in [1.165, 1.54) is 12.1 Å². The summed E-state index contributed by atoms with van der Waals surface area (Å²) in [7, 11) is 0. The smallest absolute Gasteiger partial charge is 0.245 e. The maximum atomic E-state index is 14.0. The average Bonchev–Trinajstić information content (AvgIpc) is 2.98. The van der Waals surface area contributed by atoms with Gasteiger partial charge in [0.1, 0.15) is 17.8 Å². The van der Waals surface area contributed by atoms with E-state index >= 15 is 0 Å². The van der Waals surface area contributed by atoms with Crippen LogP contribution in [-0.4, -0.2) is 58.9 Å². The van der Waals surface area contributed by atoms with Crippen LogP contribution in [0.3, 0.4) is 0 Å². The van der Waals surface area contributed by atoms with Gasteiger partial charge in [-0.15, -0.1) is 12.4 Å². The zero-order valence-corrected chi connectivity index (χ0v) is 26.1. The molecule has 0 saturated heterocycles. The highest BCUT2D eigenvalue weighted by Gasteiger charge is 2.29. The first-order valence-electron chi connectivity index (χ1n) is 14.6. The van der Waals surface area contributed by atoms with Crippen molar-refractivity contribution < 1.29 is 19.5 Å². The van der Waals surface area contributed by atoms with Crippen molar-refractivity contribution in [2.24, 2.45) is 11.7 Å². The quantitative estimate of drug-likeness (QED) is 0.207. The van der Waals surface area contributed by atoms with Crippen molar-refractivity contribution in [2.45, 2.75) is 64.6 Å². The SMILES string of the molecule is CC(C)CCN(CCc1ccccc1)C(=O)[C@H](Cc1ccccc1)NC(=O)[C@@H](C)NC(=O)[C@@H](N)Cc1ccc(O)cc1.Cl. The molecule has 0 aromatic heterocycles. The molecule has 0 aliphatic rings. The molecule has 3 rings (SSSR count). The maximum Gasteiger partial charge on any atom is 0.245 e.